The lowest BCUT2D eigenvalue weighted by atomic mass is 9.99. The summed E-state index contributed by atoms with van der Waals surface area (Å²) in [5, 5.41) is 15.2. The molecule has 8 nitrogen and oxygen atoms in total. The molecule has 2 heterocycles. The molecule has 0 radical (unpaired) electrons. The van der Waals surface area contributed by atoms with Crippen molar-refractivity contribution in [3.05, 3.63) is 35.5 Å². The molecule has 2 N–H and O–H groups in total. The van der Waals surface area contributed by atoms with Gasteiger partial charge in [0.05, 0.1) is 24.5 Å². The largest absolute Gasteiger partial charge is 0.359 e. The highest BCUT2D eigenvalue weighted by Gasteiger charge is 2.17. The van der Waals surface area contributed by atoms with Crippen LogP contribution in [0.5, 0.6) is 0 Å². The van der Waals surface area contributed by atoms with Gasteiger partial charge in [-0.1, -0.05) is 19.0 Å². The van der Waals surface area contributed by atoms with E-state index >= 15 is 0 Å². The summed E-state index contributed by atoms with van der Waals surface area (Å²) in [4.78, 5) is 6.46. The topological polar surface area (TPSA) is 83.5 Å². The molecule has 0 aliphatic carbocycles. The molecule has 0 aliphatic heterocycles. The third-order valence-electron chi connectivity index (χ3n) is 4.83. The van der Waals surface area contributed by atoms with E-state index in [1.807, 2.05) is 30.2 Å². The highest BCUT2D eigenvalue weighted by atomic mass is 16.5. The van der Waals surface area contributed by atoms with E-state index in [1.165, 1.54) is 0 Å². The predicted molar refractivity (Wildman–Crippen MR) is 108 cm³/mol. The highest BCUT2D eigenvalue weighted by Crippen LogP contribution is 2.22. The van der Waals surface area contributed by atoms with Crippen molar-refractivity contribution in [3.63, 3.8) is 0 Å². The third-order valence-corrected chi connectivity index (χ3v) is 4.83. The molecule has 0 bridgehead atoms. The number of likely N-dealkylation sites (N-methyl/N-ethyl adjacent to an activating group) is 1. The van der Waals surface area contributed by atoms with Crippen LogP contribution in [0.15, 0.2) is 28.0 Å². The number of aryl methyl sites for hydroxylation is 1. The van der Waals surface area contributed by atoms with E-state index in [9.17, 15) is 0 Å². The van der Waals surface area contributed by atoms with Gasteiger partial charge in [-0.3, -0.25) is 9.67 Å². The van der Waals surface area contributed by atoms with E-state index in [0.717, 1.165) is 35.8 Å². The Morgan fingerprint density at radius 1 is 1.30 bits per heavy atom. The fourth-order valence-corrected chi connectivity index (χ4v) is 3.11. The second kappa shape index (κ2) is 10.1. The molecule has 0 spiro atoms. The number of aromatic nitrogens is 3. The molecule has 0 saturated carbocycles. The Bertz CT molecular complexity index is 715. The fraction of sp³-hybridized carbons (Fsp3) is 0.632. The minimum atomic E-state index is 0.198. The second-order valence-electron chi connectivity index (χ2n) is 6.96. The summed E-state index contributed by atoms with van der Waals surface area (Å²) in [6.45, 7) is 5.62. The minimum Gasteiger partial charge on any atom is -0.359 e. The summed E-state index contributed by atoms with van der Waals surface area (Å²) in [6.07, 6.45) is 6.08. The summed E-state index contributed by atoms with van der Waals surface area (Å²) in [6, 6.07) is 2.24. The Morgan fingerprint density at radius 2 is 2.04 bits per heavy atom. The van der Waals surface area contributed by atoms with Crippen LogP contribution < -0.4 is 10.6 Å². The van der Waals surface area contributed by atoms with E-state index in [1.54, 1.807) is 7.05 Å². The van der Waals surface area contributed by atoms with Crippen molar-refractivity contribution in [2.45, 2.75) is 45.2 Å². The molecule has 2 rings (SSSR count). The molecular formula is C19H33N7O. The van der Waals surface area contributed by atoms with E-state index < -0.39 is 0 Å². The summed E-state index contributed by atoms with van der Waals surface area (Å²) in [7, 11) is 7.81. The van der Waals surface area contributed by atoms with E-state index in [4.69, 9.17) is 4.52 Å². The Labute approximate surface area is 162 Å². The Hall–Kier alpha value is -2.35. The Balaban J connectivity index is 1.90. The lowest BCUT2D eigenvalue weighted by Crippen LogP contribution is -2.41. The van der Waals surface area contributed by atoms with Gasteiger partial charge in [0.2, 0.25) is 0 Å². The van der Waals surface area contributed by atoms with E-state index in [-0.39, 0.29) is 6.04 Å². The van der Waals surface area contributed by atoms with Crippen molar-refractivity contribution in [2.75, 3.05) is 27.7 Å². The van der Waals surface area contributed by atoms with Crippen molar-refractivity contribution >= 4 is 5.96 Å². The normalized spacial score (nSPS) is 13.4. The number of hydrogen-bond acceptors (Lipinski definition) is 5. The molecule has 0 aliphatic rings. The number of hydrogen-bond donors (Lipinski definition) is 2. The summed E-state index contributed by atoms with van der Waals surface area (Å²) >= 11 is 0. The molecule has 0 amide bonds. The van der Waals surface area contributed by atoms with Crippen LogP contribution in [-0.2, 0) is 13.6 Å². The first-order valence-corrected chi connectivity index (χ1v) is 9.53. The Kier molecular flexibility index (Phi) is 7.84. The van der Waals surface area contributed by atoms with Crippen LogP contribution in [-0.4, -0.2) is 53.5 Å². The number of rotatable bonds is 9. The van der Waals surface area contributed by atoms with Gasteiger partial charge < -0.3 is 20.1 Å². The van der Waals surface area contributed by atoms with Gasteiger partial charge in [0.25, 0.3) is 0 Å². The first-order chi connectivity index (χ1) is 13.0. The minimum absolute atomic E-state index is 0.198. The van der Waals surface area contributed by atoms with Crippen molar-refractivity contribution in [1.82, 2.24) is 30.5 Å². The quantitative estimate of drug-likeness (QED) is 0.517. The zero-order valence-corrected chi connectivity index (χ0v) is 17.4. The number of guanidine groups is 1. The fourth-order valence-electron chi connectivity index (χ4n) is 3.11. The molecule has 0 fully saturated rings. The van der Waals surface area contributed by atoms with Crippen LogP contribution in [0.3, 0.4) is 0 Å². The first kappa shape index (κ1) is 21.0. The van der Waals surface area contributed by atoms with Gasteiger partial charge in [-0.25, -0.2) is 0 Å². The van der Waals surface area contributed by atoms with Crippen LogP contribution in [0.4, 0.5) is 0 Å². The zero-order valence-electron chi connectivity index (χ0n) is 17.4. The van der Waals surface area contributed by atoms with Crippen molar-refractivity contribution < 1.29 is 4.52 Å². The standard InChI is InChI=1S/C19H33N7O/c1-7-14(8-2)17-9-16(27-24-17)11-21-19(20-3)22-12-18(25(4)5)15-10-23-26(6)13-15/h9-10,13-14,18H,7-8,11-12H2,1-6H3,(H2,20,21,22). The lowest BCUT2D eigenvalue weighted by Gasteiger charge is -2.24. The van der Waals surface area contributed by atoms with Crippen LogP contribution in [0.1, 0.15) is 55.7 Å². The van der Waals surface area contributed by atoms with Crippen molar-refractivity contribution in [2.24, 2.45) is 12.0 Å². The summed E-state index contributed by atoms with van der Waals surface area (Å²) in [5.74, 6) is 2.00. The van der Waals surface area contributed by atoms with Crippen LogP contribution >= 0.6 is 0 Å². The smallest absolute Gasteiger partial charge is 0.191 e. The number of nitrogens with zero attached hydrogens (tertiary/aromatic N) is 5. The molecular weight excluding hydrogens is 342 g/mol. The van der Waals surface area contributed by atoms with Crippen LogP contribution in [0.2, 0.25) is 0 Å². The predicted octanol–water partition coefficient (Wildman–Crippen LogP) is 2.28. The SMILES string of the molecule is CCC(CC)c1cc(CNC(=NC)NCC(c2cnn(C)c2)N(C)C)on1. The number of aliphatic imine (C=N–C) groups is 1. The van der Waals surface area contributed by atoms with Gasteiger partial charge >= 0.3 is 0 Å². The Morgan fingerprint density at radius 3 is 2.59 bits per heavy atom. The van der Waals surface area contributed by atoms with E-state index in [0.29, 0.717) is 19.0 Å². The first-order valence-electron chi connectivity index (χ1n) is 9.53. The molecule has 2 aromatic rings. The maximum Gasteiger partial charge on any atom is 0.191 e. The maximum atomic E-state index is 5.47. The van der Waals surface area contributed by atoms with Crippen molar-refractivity contribution in [1.29, 1.82) is 0 Å². The summed E-state index contributed by atoms with van der Waals surface area (Å²) < 4.78 is 7.29. The molecule has 0 saturated heterocycles. The second-order valence-corrected chi connectivity index (χ2v) is 6.96. The van der Waals surface area contributed by atoms with Gasteiger partial charge in [-0.05, 0) is 26.9 Å². The van der Waals surface area contributed by atoms with Crippen LogP contribution in [0.25, 0.3) is 0 Å². The van der Waals surface area contributed by atoms with Gasteiger partial charge in [0.1, 0.15) is 0 Å². The molecule has 0 aromatic carbocycles. The monoisotopic (exact) mass is 375 g/mol. The lowest BCUT2D eigenvalue weighted by molar-refractivity contribution is 0.298. The van der Waals surface area contributed by atoms with Gasteiger partial charge in [0, 0.05) is 44.4 Å². The molecule has 150 valence electrons. The average Bonchev–Trinajstić information content (AvgIpc) is 3.28. The van der Waals surface area contributed by atoms with Gasteiger partial charge in [-0.15, -0.1) is 0 Å². The average molecular weight is 376 g/mol. The van der Waals surface area contributed by atoms with Crippen molar-refractivity contribution in [3.8, 4) is 0 Å². The summed E-state index contributed by atoms with van der Waals surface area (Å²) in [5.41, 5.74) is 2.19. The van der Waals surface area contributed by atoms with Gasteiger partial charge in [0.15, 0.2) is 11.7 Å². The van der Waals surface area contributed by atoms with Gasteiger partial charge in [-0.2, -0.15) is 5.10 Å². The van der Waals surface area contributed by atoms with E-state index in [2.05, 4.69) is 58.7 Å². The zero-order chi connectivity index (χ0) is 19.8. The molecule has 27 heavy (non-hydrogen) atoms. The maximum absolute atomic E-state index is 5.47. The number of nitrogens with one attached hydrogen (secondary N) is 2. The third kappa shape index (κ3) is 5.82. The molecule has 2 aromatic heterocycles. The molecule has 1 atom stereocenters. The highest BCUT2D eigenvalue weighted by molar-refractivity contribution is 5.79. The molecule has 1 unspecified atom stereocenters. The van der Waals surface area contributed by atoms with Crippen LogP contribution in [0, 0.1) is 0 Å². The molecule has 8 heteroatoms.